The van der Waals surface area contributed by atoms with Crippen LogP contribution < -0.4 is 4.74 Å². The Kier molecular flexibility index (Phi) is 9.73. The van der Waals surface area contributed by atoms with E-state index < -0.39 is 0 Å². The van der Waals surface area contributed by atoms with Crippen molar-refractivity contribution in [3.63, 3.8) is 0 Å². The molecule has 0 fully saturated rings. The molecule has 0 atom stereocenters. The number of benzene rings is 1. The average molecular weight is 357 g/mol. The van der Waals surface area contributed by atoms with Crippen molar-refractivity contribution < 1.29 is 9.47 Å². The molecule has 0 spiro atoms. The lowest BCUT2D eigenvalue weighted by atomic mass is 10.1. The summed E-state index contributed by atoms with van der Waals surface area (Å²) < 4.78 is 10.9. The molecule has 26 heavy (non-hydrogen) atoms. The van der Waals surface area contributed by atoms with Gasteiger partial charge in [-0.3, -0.25) is 0 Å². The van der Waals surface area contributed by atoms with E-state index in [1.165, 1.54) is 44.1 Å². The Labute approximate surface area is 158 Å². The number of ether oxygens (including phenoxy) is 2. The van der Waals surface area contributed by atoms with Crippen LogP contribution in [0.25, 0.3) is 11.4 Å². The van der Waals surface area contributed by atoms with Gasteiger partial charge in [-0.15, -0.1) is 0 Å². The fourth-order valence-corrected chi connectivity index (χ4v) is 2.81. The van der Waals surface area contributed by atoms with Gasteiger partial charge in [-0.25, -0.2) is 9.97 Å². The van der Waals surface area contributed by atoms with E-state index in [0.29, 0.717) is 19.8 Å². The minimum Gasteiger partial charge on any atom is -0.491 e. The summed E-state index contributed by atoms with van der Waals surface area (Å²) in [7, 11) is 0. The molecule has 142 valence electrons. The zero-order valence-corrected chi connectivity index (χ0v) is 16.2. The zero-order valence-electron chi connectivity index (χ0n) is 16.2. The van der Waals surface area contributed by atoms with Crippen LogP contribution in [0.2, 0.25) is 0 Å². The minimum absolute atomic E-state index is 0.566. The maximum absolute atomic E-state index is 5.63. The molecule has 0 aliphatic carbocycles. The second kappa shape index (κ2) is 12.4. The number of nitrogens with zero attached hydrogens (tertiary/aromatic N) is 2. The molecule has 0 saturated heterocycles. The minimum atomic E-state index is 0.566. The van der Waals surface area contributed by atoms with Crippen molar-refractivity contribution >= 4 is 0 Å². The highest BCUT2D eigenvalue weighted by atomic mass is 16.5. The summed E-state index contributed by atoms with van der Waals surface area (Å²) >= 11 is 0. The molecule has 0 aliphatic rings. The van der Waals surface area contributed by atoms with Crippen LogP contribution in [-0.4, -0.2) is 29.8 Å². The van der Waals surface area contributed by atoms with Crippen LogP contribution in [0.15, 0.2) is 36.7 Å². The predicted octanol–water partition coefficient (Wildman–Crippen LogP) is 5.46. The van der Waals surface area contributed by atoms with Crippen LogP contribution in [0.1, 0.15) is 57.9 Å². The van der Waals surface area contributed by atoms with Crippen molar-refractivity contribution in [1.29, 1.82) is 0 Å². The molecule has 0 amide bonds. The van der Waals surface area contributed by atoms with Crippen molar-refractivity contribution in [2.24, 2.45) is 0 Å². The van der Waals surface area contributed by atoms with E-state index in [1.54, 1.807) is 0 Å². The Morgan fingerprint density at radius 2 is 1.50 bits per heavy atom. The van der Waals surface area contributed by atoms with Crippen LogP contribution in [0.4, 0.5) is 0 Å². The lowest BCUT2D eigenvalue weighted by Crippen LogP contribution is -2.06. The first-order chi connectivity index (χ1) is 12.8. The standard InChI is InChI=1S/C22H32N2O2/c1-3-5-6-7-8-9-10-19-17-23-22(24-18-19)20-11-13-21(14-12-20)26-16-15-25-4-2/h11-14,17-18H,3-10,15-16H2,1-2H3. The van der Waals surface area contributed by atoms with Gasteiger partial charge in [-0.1, -0.05) is 39.0 Å². The Balaban J connectivity index is 1.76. The van der Waals surface area contributed by atoms with Gasteiger partial charge in [0.1, 0.15) is 12.4 Å². The first-order valence-corrected chi connectivity index (χ1v) is 9.95. The molecule has 0 unspecified atom stereocenters. The van der Waals surface area contributed by atoms with Crippen molar-refractivity contribution in [1.82, 2.24) is 9.97 Å². The first kappa shape index (κ1) is 20.4. The van der Waals surface area contributed by atoms with Gasteiger partial charge in [0, 0.05) is 24.6 Å². The lowest BCUT2D eigenvalue weighted by molar-refractivity contribution is 0.110. The monoisotopic (exact) mass is 356 g/mol. The Morgan fingerprint density at radius 3 is 2.19 bits per heavy atom. The van der Waals surface area contributed by atoms with E-state index in [-0.39, 0.29) is 0 Å². The summed E-state index contributed by atoms with van der Waals surface area (Å²) in [6.45, 7) is 6.13. The van der Waals surface area contributed by atoms with E-state index >= 15 is 0 Å². The number of hydrogen-bond acceptors (Lipinski definition) is 4. The van der Waals surface area contributed by atoms with Crippen molar-refractivity contribution in [2.75, 3.05) is 19.8 Å². The molecule has 1 aromatic heterocycles. The Bertz CT molecular complexity index is 597. The largest absolute Gasteiger partial charge is 0.491 e. The number of aromatic nitrogens is 2. The number of hydrogen-bond donors (Lipinski definition) is 0. The average Bonchev–Trinajstić information content (AvgIpc) is 2.69. The predicted molar refractivity (Wildman–Crippen MR) is 107 cm³/mol. The van der Waals surface area contributed by atoms with E-state index in [9.17, 15) is 0 Å². The highest BCUT2D eigenvalue weighted by Crippen LogP contribution is 2.19. The Hall–Kier alpha value is -1.94. The third-order valence-electron chi connectivity index (χ3n) is 4.34. The molecule has 0 N–H and O–H groups in total. The molecule has 4 heteroatoms. The molecule has 0 aliphatic heterocycles. The molecule has 0 radical (unpaired) electrons. The van der Waals surface area contributed by atoms with E-state index in [1.807, 2.05) is 43.6 Å². The van der Waals surface area contributed by atoms with Gasteiger partial charge in [0.25, 0.3) is 0 Å². The molecule has 0 bridgehead atoms. The molecule has 4 nitrogen and oxygen atoms in total. The molecule has 1 aromatic carbocycles. The van der Waals surface area contributed by atoms with Gasteiger partial charge in [0.05, 0.1) is 6.61 Å². The third-order valence-corrected chi connectivity index (χ3v) is 4.34. The van der Waals surface area contributed by atoms with Crippen LogP contribution in [0.3, 0.4) is 0 Å². The maximum Gasteiger partial charge on any atom is 0.159 e. The van der Waals surface area contributed by atoms with Gasteiger partial charge in [-0.2, -0.15) is 0 Å². The van der Waals surface area contributed by atoms with Crippen LogP contribution in [-0.2, 0) is 11.2 Å². The molecular weight excluding hydrogens is 324 g/mol. The summed E-state index contributed by atoms with van der Waals surface area (Å²) in [6, 6.07) is 7.90. The molecular formula is C22H32N2O2. The van der Waals surface area contributed by atoms with Gasteiger partial charge >= 0.3 is 0 Å². The number of aryl methyl sites for hydroxylation is 1. The fraction of sp³-hybridized carbons (Fsp3) is 0.545. The second-order valence-corrected chi connectivity index (χ2v) is 6.50. The fourth-order valence-electron chi connectivity index (χ4n) is 2.81. The molecule has 1 heterocycles. The summed E-state index contributed by atoms with van der Waals surface area (Å²) in [5, 5.41) is 0. The maximum atomic E-state index is 5.63. The number of unbranched alkanes of at least 4 members (excludes halogenated alkanes) is 5. The second-order valence-electron chi connectivity index (χ2n) is 6.50. The topological polar surface area (TPSA) is 44.2 Å². The molecule has 0 saturated carbocycles. The van der Waals surface area contributed by atoms with E-state index in [0.717, 1.165) is 23.6 Å². The lowest BCUT2D eigenvalue weighted by Gasteiger charge is -2.07. The van der Waals surface area contributed by atoms with Gasteiger partial charge in [0.2, 0.25) is 0 Å². The summed E-state index contributed by atoms with van der Waals surface area (Å²) in [4.78, 5) is 9.04. The van der Waals surface area contributed by atoms with Gasteiger partial charge in [-0.05, 0) is 49.6 Å². The Morgan fingerprint density at radius 1 is 0.808 bits per heavy atom. The highest BCUT2D eigenvalue weighted by Gasteiger charge is 2.03. The number of rotatable bonds is 13. The zero-order chi connectivity index (χ0) is 18.5. The van der Waals surface area contributed by atoms with Gasteiger partial charge < -0.3 is 9.47 Å². The SMILES string of the molecule is CCCCCCCCc1cnc(-c2ccc(OCCOCC)cc2)nc1. The van der Waals surface area contributed by atoms with Crippen molar-refractivity contribution in [3.8, 4) is 17.1 Å². The summed E-state index contributed by atoms with van der Waals surface area (Å²) in [6.07, 6.45) is 12.9. The van der Waals surface area contributed by atoms with E-state index in [2.05, 4.69) is 16.9 Å². The normalized spacial score (nSPS) is 10.8. The van der Waals surface area contributed by atoms with Crippen LogP contribution in [0.5, 0.6) is 5.75 Å². The highest BCUT2D eigenvalue weighted by molar-refractivity contribution is 5.55. The van der Waals surface area contributed by atoms with E-state index in [4.69, 9.17) is 9.47 Å². The van der Waals surface area contributed by atoms with Gasteiger partial charge in [0.15, 0.2) is 5.82 Å². The third kappa shape index (κ3) is 7.52. The van der Waals surface area contributed by atoms with Crippen LogP contribution in [0, 0.1) is 0 Å². The summed E-state index contributed by atoms with van der Waals surface area (Å²) in [5.41, 5.74) is 2.23. The molecule has 2 rings (SSSR count). The molecule has 2 aromatic rings. The van der Waals surface area contributed by atoms with Crippen molar-refractivity contribution in [2.45, 2.75) is 58.8 Å². The quantitative estimate of drug-likeness (QED) is 0.447. The van der Waals surface area contributed by atoms with Crippen molar-refractivity contribution in [3.05, 3.63) is 42.2 Å². The summed E-state index contributed by atoms with van der Waals surface area (Å²) in [5.74, 6) is 1.60. The smallest absolute Gasteiger partial charge is 0.159 e. The van der Waals surface area contributed by atoms with Crippen LogP contribution >= 0.6 is 0 Å². The first-order valence-electron chi connectivity index (χ1n) is 9.95.